The Labute approximate surface area is 182 Å². The second-order valence-corrected chi connectivity index (χ2v) is 7.50. The fraction of sp³-hybridized carbons (Fsp3) is 0.150. The van der Waals surface area contributed by atoms with Crippen LogP contribution in [-0.4, -0.2) is 38.3 Å². The molecule has 0 spiro atoms. The van der Waals surface area contributed by atoms with Crippen LogP contribution in [0.1, 0.15) is 21.1 Å². The van der Waals surface area contributed by atoms with Gasteiger partial charge in [0.25, 0.3) is 5.91 Å². The molecule has 0 aliphatic rings. The van der Waals surface area contributed by atoms with Crippen molar-refractivity contribution in [3.8, 4) is 11.4 Å². The number of hydrogen-bond donors (Lipinski definition) is 2. The zero-order chi connectivity index (χ0) is 23.5. The second-order valence-electron chi connectivity index (χ2n) is 6.44. The summed E-state index contributed by atoms with van der Waals surface area (Å²) in [5.41, 5.74) is 4.08. The van der Waals surface area contributed by atoms with Gasteiger partial charge >= 0.3 is 12.1 Å². The van der Waals surface area contributed by atoms with E-state index in [4.69, 9.17) is 14.4 Å². The topological polar surface area (TPSA) is 118 Å². The highest BCUT2D eigenvalue weighted by Crippen LogP contribution is 2.29. The predicted octanol–water partition coefficient (Wildman–Crippen LogP) is 4.85. The molecule has 1 aromatic carbocycles. The minimum absolute atomic E-state index is 0.214. The highest BCUT2D eigenvalue weighted by Gasteiger charge is 2.38. The third-order valence-electron chi connectivity index (χ3n) is 4.01. The number of nitrogens with zero attached hydrogens (tertiary/aromatic N) is 3. The van der Waals surface area contributed by atoms with Crippen LogP contribution in [0.3, 0.4) is 0 Å². The molecule has 2 N–H and O–H groups in total. The van der Waals surface area contributed by atoms with Crippen molar-refractivity contribution in [2.75, 3.05) is 5.32 Å². The predicted molar refractivity (Wildman–Crippen MR) is 110 cm³/mol. The second kappa shape index (κ2) is 9.14. The largest absolute Gasteiger partial charge is 0.490 e. The molecule has 0 atom stereocenters. The highest BCUT2D eigenvalue weighted by atomic mass is 32.1. The zero-order valence-electron chi connectivity index (χ0n) is 16.6. The van der Waals surface area contributed by atoms with E-state index in [1.165, 1.54) is 0 Å². The maximum atomic E-state index is 12.5. The van der Waals surface area contributed by atoms with E-state index in [2.05, 4.69) is 20.4 Å². The van der Waals surface area contributed by atoms with Crippen LogP contribution in [0.5, 0.6) is 0 Å². The number of benzene rings is 1. The molecule has 4 rings (SSSR count). The quantitative estimate of drug-likeness (QED) is 0.445. The molecule has 32 heavy (non-hydrogen) atoms. The van der Waals surface area contributed by atoms with E-state index in [1.54, 1.807) is 35.7 Å². The lowest BCUT2D eigenvalue weighted by Crippen LogP contribution is -2.21. The van der Waals surface area contributed by atoms with Gasteiger partial charge in [-0.2, -0.15) is 13.2 Å². The first-order valence-electron chi connectivity index (χ1n) is 8.90. The third-order valence-corrected chi connectivity index (χ3v) is 4.78. The molecule has 0 aliphatic carbocycles. The Kier molecular flexibility index (Phi) is 6.53. The van der Waals surface area contributed by atoms with Gasteiger partial charge in [0, 0.05) is 16.6 Å². The van der Waals surface area contributed by atoms with E-state index in [9.17, 15) is 18.0 Å². The third kappa shape index (κ3) is 5.46. The molecule has 8 nitrogen and oxygen atoms in total. The Morgan fingerprint density at radius 1 is 1.16 bits per heavy atom. The van der Waals surface area contributed by atoms with Crippen molar-refractivity contribution in [2.24, 2.45) is 0 Å². The van der Waals surface area contributed by atoms with Crippen LogP contribution in [0.25, 0.3) is 22.4 Å². The number of pyridine rings is 1. The molecule has 0 unspecified atom stereocenters. The summed E-state index contributed by atoms with van der Waals surface area (Å²) in [6.45, 7) is 3.83. The number of aryl methyl sites for hydroxylation is 2. The maximum Gasteiger partial charge on any atom is 0.490 e. The number of carboxylic acids is 1. The van der Waals surface area contributed by atoms with Gasteiger partial charge in [-0.05, 0) is 44.2 Å². The minimum atomic E-state index is -5.08. The van der Waals surface area contributed by atoms with Gasteiger partial charge in [0.2, 0.25) is 0 Å². The van der Waals surface area contributed by atoms with Crippen LogP contribution >= 0.6 is 11.3 Å². The number of amides is 1. The molecular formula is C20H15F3N4O4S. The fourth-order valence-corrected chi connectivity index (χ4v) is 3.08. The number of anilines is 1. The van der Waals surface area contributed by atoms with E-state index < -0.39 is 12.1 Å². The first-order valence-corrected chi connectivity index (χ1v) is 9.78. The number of fused-ring (bicyclic) bond motifs is 1. The number of nitrogens with one attached hydrogen (secondary N) is 1. The number of aliphatic carboxylic acids is 1. The molecule has 4 aromatic rings. The van der Waals surface area contributed by atoms with Gasteiger partial charge < -0.3 is 14.9 Å². The zero-order valence-corrected chi connectivity index (χ0v) is 17.4. The number of halogens is 3. The van der Waals surface area contributed by atoms with Gasteiger partial charge in [0.15, 0.2) is 5.58 Å². The van der Waals surface area contributed by atoms with Crippen LogP contribution in [-0.2, 0) is 4.79 Å². The Morgan fingerprint density at radius 2 is 1.88 bits per heavy atom. The smallest absolute Gasteiger partial charge is 0.475 e. The molecule has 0 bridgehead atoms. The molecule has 3 aromatic heterocycles. The summed E-state index contributed by atoms with van der Waals surface area (Å²) in [6, 6.07) is 8.89. The van der Waals surface area contributed by atoms with Gasteiger partial charge in [-0.1, -0.05) is 5.16 Å². The van der Waals surface area contributed by atoms with Crippen molar-refractivity contribution in [3.05, 3.63) is 58.2 Å². The molecular weight excluding hydrogens is 449 g/mol. The summed E-state index contributed by atoms with van der Waals surface area (Å²) in [5, 5.41) is 17.7. The molecule has 166 valence electrons. The van der Waals surface area contributed by atoms with E-state index >= 15 is 0 Å². The molecule has 1 amide bonds. The Hall–Kier alpha value is -3.80. The fourth-order valence-electron chi connectivity index (χ4n) is 2.48. The van der Waals surface area contributed by atoms with Crippen LogP contribution in [0.15, 0.2) is 46.4 Å². The first kappa shape index (κ1) is 22.9. The Balaban J connectivity index is 0.000000360. The van der Waals surface area contributed by atoms with Crippen LogP contribution in [0, 0.1) is 13.8 Å². The summed E-state index contributed by atoms with van der Waals surface area (Å²) in [7, 11) is 0. The SMILES string of the molecule is Cc1ccc(NC(=O)c2ccc3onc(-c4csc(C)n4)c3c2)cn1.O=C(O)C(F)(F)F. The van der Waals surface area contributed by atoms with Gasteiger partial charge in [-0.3, -0.25) is 9.78 Å². The van der Waals surface area contributed by atoms with E-state index in [0.717, 1.165) is 21.8 Å². The number of thiazole rings is 1. The van der Waals surface area contributed by atoms with Gasteiger partial charge in [-0.15, -0.1) is 11.3 Å². The molecule has 3 heterocycles. The van der Waals surface area contributed by atoms with Crippen molar-refractivity contribution in [1.82, 2.24) is 15.1 Å². The van der Waals surface area contributed by atoms with Crippen LogP contribution < -0.4 is 5.32 Å². The monoisotopic (exact) mass is 464 g/mol. The maximum absolute atomic E-state index is 12.5. The molecule has 0 saturated heterocycles. The first-order chi connectivity index (χ1) is 15.0. The number of carbonyl (C=O) groups is 2. The average Bonchev–Trinajstić information content (AvgIpc) is 3.34. The summed E-state index contributed by atoms with van der Waals surface area (Å²) >= 11 is 1.55. The molecule has 0 saturated carbocycles. The molecule has 0 radical (unpaired) electrons. The van der Waals surface area contributed by atoms with E-state index in [1.807, 2.05) is 31.4 Å². The molecule has 12 heteroatoms. The summed E-state index contributed by atoms with van der Waals surface area (Å²) in [6.07, 6.45) is -3.45. The lowest BCUT2D eigenvalue weighted by Gasteiger charge is -2.05. The number of rotatable bonds is 3. The summed E-state index contributed by atoms with van der Waals surface area (Å²) in [5.74, 6) is -2.97. The van der Waals surface area contributed by atoms with Crippen molar-refractivity contribution in [3.63, 3.8) is 0 Å². The average molecular weight is 464 g/mol. The number of hydrogen-bond acceptors (Lipinski definition) is 7. The molecule has 0 fully saturated rings. The summed E-state index contributed by atoms with van der Waals surface area (Å²) < 4.78 is 37.1. The van der Waals surface area contributed by atoms with Crippen molar-refractivity contribution in [1.29, 1.82) is 0 Å². The molecule has 0 aliphatic heterocycles. The van der Waals surface area contributed by atoms with Crippen molar-refractivity contribution >= 4 is 39.9 Å². The van der Waals surface area contributed by atoms with Gasteiger partial charge in [-0.25, -0.2) is 9.78 Å². The van der Waals surface area contributed by atoms with Gasteiger partial charge in [0.1, 0.15) is 11.4 Å². The standard InChI is InChI=1S/C18H14N4O2S.C2HF3O2/c1-10-3-5-13(8-19-10)21-18(23)12-4-6-16-14(7-12)17(22-24-16)15-9-25-11(2)20-15;3-2(4,5)1(6)7/h3-9H,1-2H3,(H,21,23);(H,6,7). The lowest BCUT2D eigenvalue weighted by atomic mass is 10.1. The van der Waals surface area contributed by atoms with E-state index in [-0.39, 0.29) is 5.91 Å². The van der Waals surface area contributed by atoms with Crippen LogP contribution in [0.2, 0.25) is 0 Å². The highest BCUT2D eigenvalue weighted by molar-refractivity contribution is 7.09. The van der Waals surface area contributed by atoms with Gasteiger partial charge in [0.05, 0.1) is 22.3 Å². The summed E-state index contributed by atoms with van der Waals surface area (Å²) in [4.78, 5) is 30.0. The van der Waals surface area contributed by atoms with Crippen molar-refractivity contribution < 1.29 is 32.4 Å². The lowest BCUT2D eigenvalue weighted by molar-refractivity contribution is -0.192. The number of carboxylic acid groups (broad SMARTS) is 1. The Bertz CT molecular complexity index is 1270. The minimum Gasteiger partial charge on any atom is -0.475 e. The number of alkyl halides is 3. The number of aromatic nitrogens is 3. The normalized spacial score (nSPS) is 11.0. The van der Waals surface area contributed by atoms with Crippen molar-refractivity contribution in [2.45, 2.75) is 20.0 Å². The number of carbonyl (C=O) groups excluding carboxylic acids is 1. The van der Waals surface area contributed by atoms with Crippen LogP contribution in [0.4, 0.5) is 18.9 Å². The van der Waals surface area contributed by atoms with E-state index in [0.29, 0.717) is 22.5 Å². The Morgan fingerprint density at radius 3 is 2.44 bits per heavy atom.